The van der Waals surface area contributed by atoms with Gasteiger partial charge in [0.2, 0.25) is 0 Å². The zero-order valence-corrected chi connectivity index (χ0v) is 29.0. The van der Waals surface area contributed by atoms with E-state index in [0.717, 1.165) is 76.6 Å². The number of likely N-dealkylation sites (tertiary alicyclic amines) is 1. The summed E-state index contributed by atoms with van der Waals surface area (Å²) in [5, 5.41) is 6.95. The molecular weight excluding hydrogens is 694 g/mol. The smallest absolute Gasteiger partial charge is 0.393 e. The Morgan fingerprint density at radius 2 is 1.71 bits per heavy atom. The maximum atomic E-state index is 15.1. The van der Waals surface area contributed by atoms with E-state index in [9.17, 15) is 22.0 Å². The number of alkyl halides is 5. The largest absolute Gasteiger partial charge is 0.433 e. The van der Waals surface area contributed by atoms with Crippen molar-refractivity contribution in [1.82, 2.24) is 4.90 Å². The highest BCUT2D eigenvalue weighted by Crippen LogP contribution is 2.44. The molecule has 2 N–H and O–H groups in total. The first-order valence-corrected chi connectivity index (χ1v) is 18.4. The van der Waals surface area contributed by atoms with E-state index < -0.39 is 25.0 Å². The maximum Gasteiger partial charge on any atom is 0.393 e. The number of rotatable bonds is 9. The van der Waals surface area contributed by atoms with Crippen LogP contribution in [-0.2, 0) is 15.9 Å². The fourth-order valence-corrected chi connectivity index (χ4v) is 9.12. The van der Waals surface area contributed by atoms with Gasteiger partial charge in [0.05, 0.1) is 52.8 Å². The summed E-state index contributed by atoms with van der Waals surface area (Å²) >= 11 is 1.21. The van der Waals surface area contributed by atoms with Crippen LogP contribution in [0.4, 0.5) is 43.4 Å². The molecule has 7 rings (SSSR count). The number of benzene rings is 2. The molecule has 3 aliphatic heterocycles. The molecule has 7 nitrogen and oxygen atoms in total. The summed E-state index contributed by atoms with van der Waals surface area (Å²) in [4.78, 5) is 4.59. The van der Waals surface area contributed by atoms with E-state index in [1.54, 1.807) is 17.0 Å². The van der Waals surface area contributed by atoms with E-state index in [-0.39, 0.29) is 40.2 Å². The van der Waals surface area contributed by atoms with Crippen LogP contribution in [0.25, 0.3) is 10.1 Å². The molecular formula is C37H42F6N4O3S. The van der Waals surface area contributed by atoms with Gasteiger partial charge in [0.25, 0.3) is 0 Å². The van der Waals surface area contributed by atoms with E-state index in [1.165, 1.54) is 17.4 Å². The number of nitrogens with one attached hydrogen (secondary N) is 2. The minimum Gasteiger partial charge on any atom is -0.433 e. The predicted molar refractivity (Wildman–Crippen MR) is 187 cm³/mol. The third-order valence-corrected chi connectivity index (χ3v) is 11.8. The van der Waals surface area contributed by atoms with Crippen molar-refractivity contribution in [1.29, 1.82) is 0 Å². The molecule has 1 aromatic heterocycles. The van der Waals surface area contributed by atoms with E-state index in [0.29, 0.717) is 47.8 Å². The molecule has 1 aliphatic carbocycles. The highest BCUT2D eigenvalue weighted by atomic mass is 32.1. The molecule has 1 spiro atoms. The lowest BCUT2D eigenvalue weighted by Crippen LogP contribution is -2.62. The minimum atomic E-state index is -4.45. The summed E-state index contributed by atoms with van der Waals surface area (Å²) < 4.78 is 99.3. The molecule has 0 radical (unpaired) electrons. The van der Waals surface area contributed by atoms with Crippen LogP contribution in [0.15, 0.2) is 30.3 Å². The molecule has 4 fully saturated rings. The van der Waals surface area contributed by atoms with Crippen molar-refractivity contribution < 1.29 is 40.6 Å². The monoisotopic (exact) mass is 736 g/mol. The van der Waals surface area contributed by atoms with Crippen molar-refractivity contribution in [3.63, 3.8) is 0 Å². The lowest BCUT2D eigenvalue weighted by atomic mass is 9.71. The van der Waals surface area contributed by atoms with E-state index in [2.05, 4.69) is 32.1 Å². The maximum absolute atomic E-state index is 15.1. The molecule has 3 saturated heterocycles. The van der Waals surface area contributed by atoms with Gasteiger partial charge in [0, 0.05) is 69.0 Å². The number of thiophene rings is 1. The molecule has 3 aromatic rings. The zero-order chi connectivity index (χ0) is 35.6. The lowest BCUT2D eigenvalue weighted by Gasteiger charge is -2.56. The van der Waals surface area contributed by atoms with Crippen molar-refractivity contribution >= 4 is 38.5 Å². The summed E-state index contributed by atoms with van der Waals surface area (Å²) in [5.74, 6) is 4.81. The standard InChI is InChI=1S/C37H42F6N4O3S/c38-28-19-30(32(50-35(39)40)20-31(28)46-13-17-49-18-14-46)44-12-2-5-33-27(21-37(41,42)43)26-3-1-4-29(34(26)51-33)45-24-6-8-25(9-7-24)47-22-36(23-47)10-15-48-16-11-36/h1,3-4,19-20,24-25,35,44-45H,6-18,21-23H2. The Bertz CT molecular complexity index is 1730. The molecule has 276 valence electrons. The van der Waals surface area contributed by atoms with E-state index in [1.807, 2.05) is 6.07 Å². The minimum absolute atomic E-state index is 0.0376. The fraction of sp³-hybridized carbons (Fsp3) is 0.568. The van der Waals surface area contributed by atoms with Crippen molar-refractivity contribution in [2.45, 2.75) is 69.8 Å². The molecule has 0 unspecified atom stereocenters. The first-order valence-electron chi connectivity index (χ1n) is 17.6. The number of halogens is 6. The average molecular weight is 737 g/mol. The van der Waals surface area contributed by atoms with Gasteiger partial charge in [-0.3, -0.25) is 4.90 Å². The van der Waals surface area contributed by atoms with Gasteiger partial charge in [-0.05, 0) is 55.5 Å². The average Bonchev–Trinajstić information content (AvgIpc) is 3.44. The Balaban J connectivity index is 1.04. The highest BCUT2D eigenvalue weighted by molar-refractivity contribution is 7.20. The van der Waals surface area contributed by atoms with Gasteiger partial charge in [0.15, 0.2) is 5.75 Å². The number of nitrogens with zero attached hydrogens (tertiary/aromatic N) is 2. The van der Waals surface area contributed by atoms with Crippen molar-refractivity contribution in [3.8, 4) is 17.6 Å². The summed E-state index contributed by atoms with van der Waals surface area (Å²) in [6.45, 7) is 2.28. The lowest BCUT2D eigenvalue weighted by molar-refractivity contribution is -0.127. The van der Waals surface area contributed by atoms with Crippen LogP contribution in [0.3, 0.4) is 0 Å². The molecule has 0 bridgehead atoms. The molecule has 2 aromatic carbocycles. The number of fused-ring (bicyclic) bond motifs is 1. The molecule has 14 heteroatoms. The highest BCUT2D eigenvalue weighted by Gasteiger charge is 2.46. The van der Waals surface area contributed by atoms with Gasteiger partial charge in [-0.1, -0.05) is 24.0 Å². The predicted octanol–water partition coefficient (Wildman–Crippen LogP) is 7.88. The van der Waals surface area contributed by atoms with Gasteiger partial charge in [-0.15, -0.1) is 11.3 Å². The van der Waals surface area contributed by atoms with Gasteiger partial charge in [-0.2, -0.15) is 22.0 Å². The van der Waals surface area contributed by atoms with Crippen LogP contribution in [0.5, 0.6) is 5.75 Å². The summed E-state index contributed by atoms with van der Waals surface area (Å²) in [7, 11) is 0. The third-order valence-electron chi connectivity index (χ3n) is 10.6. The van der Waals surface area contributed by atoms with Gasteiger partial charge in [-0.25, -0.2) is 4.39 Å². The van der Waals surface area contributed by atoms with Crippen molar-refractivity contribution in [3.05, 3.63) is 46.6 Å². The summed E-state index contributed by atoms with van der Waals surface area (Å²) in [5.41, 5.74) is 1.41. The zero-order valence-electron chi connectivity index (χ0n) is 28.2. The summed E-state index contributed by atoms with van der Waals surface area (Å²) in [6.07, 6.45) is 0.830. The second kappa shape index (κ2) is 15.3. The first kappa shape index (κ1) is 36.0. The number of morpholine rings is 1. The second-order valence-electron chi connectivity index (χ2n) is 14.0. The molecule has 1 saturated carbocycles. The Hall–Kier alpha value is -3.38. The molecule has 4 heterocycles. The Labute approximate surface area is 297 Å². The number of hydrogen-bond donors (Lipinski definition) is 2. The Kier molecular flexibility index (Phi) is 10.8. The second-order valence-corrected chi connectivity index (χ2v) is 15.0. The fourth-order valence-electron chi connectivity index (χ4n) is 7.95. The Morgan fingerprint density at radius 3 is 2.41 bits per heavy atom. The number of anilines is 3. The third kappa shape index (κ3) is 8.48. The normalized spacial score (nSPS) is 22.5. The van der Waals surface area contributed by atoms with E-state index in [4.69, 9.17) is 9.47 Å². The van der Waals surface area contributed by atoms with Crippen LogP contribution in [0.1, 0.15) is 49.0 Å². The summed E-state index contributed by atoms with van der Waals surface area (Å²) in [6, 6.07) is 8.44. The van der Waals surface area contributed by atoms with Crippen LogP contribution < -0.4 is 20.3 Å². The quantitative estimate of drug-likeness (QED) is 0.171. The Morgan fingerprint density at radius 1 is 0.980 bits per heavy atom. The van der Waals surface area contributed by atoms with Crippen LogP contribution >= 0.6 is 11.3 Å². The van der Waals surface area contributed by atoms with Gasteiger partial charge >= 0.3 is 12.8 Å². The van der Waals surface area contributed by atoms with Crippen LogP contribution in [0.2, 0.25) is 0 Å². The topological polar surface area (TPSA) is 58.2 Å². The van der Waals surface area contributed by atoms with Crippen LogP contribution in [0, 0.1) is 23.1 Å². The van der Waals surface area contributed by atoms with Crippen molar-refractivity contribution in [2.75, 3.05) is 74.7 Å². The molecule has 4 aliphatic rings. The SMILES string of the molecule is Fc1cc(NCC#Cc2sc3c(NC4CCC(N5CC6(CCOCC6)C5)CC4)cccc3c2CC(F)(F)F)c(OC(F)F)cc1N1CCOCC1. The number of ether oxygens (including phenoxy) is 3. The van der Waals surface area contributed by atoms with E-state index >= 15 is 4.39 Å². The molecule has 51 heavy (non-hydrogen) atoms. The first-order chi connectivity index (χ1) is 24.6. The van der Waals surface area contributed by atoms with Gasteiger partial charge < -0.3 is 29.7 Å². The molecule has 0 atom stereocenters. The van der Waals surface area contributed by atoms with Crippen LogP contribution in [-0.4, -0.2) is 88.9 Å². The number of hydrogen-bond acceptors (Lipinski definition) is 8. The van der Waals surface area contributed by atoms with Gasteiger partial charge in [0.1, 0.15) is 5.82 Å². The molecule has 0 amide bonds. The van der Waals surface area contributed by atoms with Crippen molar-refractivity contribution in [2.24, 2.45) is 5.41 Å².